The molecule has 0 radical (unpaired) electrons. The molecule has 0 N–H and O–H groups in total. The van der Waals surface area contributed by atoms with Gasteiger partial charge in [0.15, 0.2) is 11.5 Å². The summed E-state index contributed by atoms with van der Waals surface area (Å²) in [4.78, 5) is 3.40. The second-order valence-electron chi connectivity index (χ2n) is 2.43. The number of methoxy groups -OCH3 is 2. The summed E-state index contributed by atoms with van der Waals surface area (Å²) in [6.45, 7) is 0. The van der Waals surface area contributed by atoms with Crippen molar-refractivity contribution in [1.82, 2.24) is 4.98 Å². The summed E-state index contributed by atoms with van der Waals surface area (Å²) in [5.41, 5.74) is 0. The van der Waals surface area contributed by atoms with Crippen molar-refractivity contribution in [3.63, 3.8) is 0 Å². The zero-order valence-corrected chi connectivity index (χ0v) is 7.96. The lowest BCUT2D eigenvalue weighted by Gasteiger charge is -2.10. The maximum Gasteiger partial charge on any atom is 0.574 e. The monoisotopic (exact) mass is 223 g/mol. The van der Waals surface area contributed by atoms with Crippen molar-refractivity contribution >= 4 is 0 Å². The van der Waals surface area contributed by atoms with Gasteiger partial charge in [-0.1, -0.05) is 0 Å². The SMILES string of the molecule is COc1cnc(OC(F)(F)F)cc1OC. The highest BCUT2D eigenvalue weighted by Crippen LogP contribution is 2.30. The molecule has 1 rings (SSSR count). The fraction of sp³-hybridized carbons (Fsp3) is 0.375. The Morgan fingerprint density at radius 2 is 1.73 bits per heavy atom. The summed E-state index contributed by atoms with van der Waals surface area (Å²) in [7, 11) is 2.65. The van der Waals surface area contributed by atoms with Crippen LogP contribution in [0.4, 0.5) is 13.2 Å². The van der Waals surface area contributed by atoms with Crippen LogP contribution in [0, 0.1) is 0 Å². The molecule has 0 spiro atoms. The normalized spacial score (nSPS) is 11.0. The van der Waals surface area contributed by atoms with Gasteiger partial charge in [0.05, 0.1) is 20.4 Å². The molecule has 0 atom stereocenters. The highest BCUT2D eigenvalue weighted by Gasteiger charge is 2.32. The average Bonchev–Trinajstić information content (AvgIpc) is 2.15. The van der Waals surface area contributed by atoms with Gasteiger partial charge in [0, 0.05) is 6.07 Å². The summed E-state index contributed by atoms with van der Waals surface area (Å²) < 4.78 is 48.6. The largest absolute Gasteiger partial charge is 0.574 e. The Bertz CT molecular complexity index is 340. The molecule has 15 heavy (non-hydrogen) atoms. The molecule has 84 valence electrons. The number of alkyl halides is 3. The van der Waals surface area contributed by atoms with Crippen molar-refractivity contribution in [3.8, 4) is 17.4 Å². The Labute approximate surface area is 83.6 Å². The van der Waals surface area contributed by atoms with E-state index in [1.807, 2.05) is 0 Å². The molecule has 0 amide bonds. The fourth-order valence-corrected chi connectivity index (χ4v) is 0.894. The first kappa shape index (κ1) is 11.4. The zero-order valence-electron chi connectivity index (χ0n) is 7.96. The van der Waals surface area contributed by atoms with Crippen molar-refractivity contribution in [2.75, 3.05) is 14.2 Å². The van der Waals surface area contributed by atoms with E-state index in [-0.39, 0.29) is 11.5 Å². The van der Waals surface area contributed by atoms with E-state index in [4.69, 9.17) is 9.47 Å². The summed E-state index contributed by atoms with van der Waals surface area (Å²) >= 11 is 0. The topological polar surface area (TPSA) is 40.6 Å². The molecule has 1 aromatic heterocycles. The van der Waals surface area contributed by atoms with Crippen LogP contribution in [-0.4, -0.2) is 25.6 Å². The van der Waals surface area contributed by atoms with Crippen LogP contribution in [0.25, 0.3) is 0 Å². The summed E-state index contributed by atoms with van der Waals surface area (Å²) in [5.74, 6) is -0.251. The van der Waals surface area contributed by atoms with Gasteiger partial charge in [0.25, 0.3) is 0 Å². The predicted octanol–water partition coefficient (Wildman–Crippen LogP) is 2.00. The van der Waals surface area contributed by atoms with Crippen LogP contribution in [0.2, 0.25) is 0 Å². The minimum absolute atomic E-state index is 0.117. The number of halogens is 3. The second-order valence-corrected chi connectivity index (χ2v) is 2.43. The van der Waals surface area contributed by atoms with E-state index >= 15 is 0 Å². The standard InChI is InChI=1S/C8H8F3NO3/c1-13-5-3-7(15-8(9,10)11)12-4-6(5)14-2/h3-4H,1-2H3. The van der Waals surface area contributed by atoms with E-state index in [0.29, 0.717) is 0 Å². The van der Waals surface area contributed by atoms with Gasteiger partial charge >= 0.3 is 6.36 Å². The molecule has 0 saturated heterocycles. The van der Waals surface area contributed by atoms with E-state index in [1.54, 1.807) is 0 Å². The fourth-order valence-electron chi connectivity index (χ4n) is 0.894. The molecule has 0 aliphatic heterocycles. The molecular weight excluding hydrogens is 215 g/mol. The van der Waals surface area contributed by atoms with Gasteiger partial charge in [-0.2, -0.15) is 0 Å². The van der Waals surface area contributed by atoms with E-state index < -0.39 is 12.2 Å². The van der Waals surface area contributed by atoms with Crippen molar-refractivity contribution < 1.29 is 27.4 Å². The molecule has 0 aromatic carbocycles. The minimum atomic E-state index is -4.77. The lowest BCUT2D eigenvalue weighted by Crippen LogP contribution is -2.17. The van der Waals surface area contributed by atoms with Gasteiger partial charge in [0.2, 0.25) is 5.88 Å². The first-order valence-corrected chi connectivity index (χ1v) is 3.80. The first-order chi connectivity index (χ1) is 6.96. The van der Waals surface area contributed by atoms with Crippen molar-refractivity contribution in [1.29, 1.82) is 0 Å². The maximum atomic E-state index is 11.8. The summed E-state index contributed by atoms with van der Waals surface area (Å²) in [5, 5.41) is 0. The van der Waals surface area contributed by atoms with Crippen LogP contribution in [0.5, 0.6) is 17.4 Å². The highest BCUT2D eigenvalue weighted by molar-refractivity contribution is 5.40. The summed E-state index contributed by atoms with van der Waals surface area (Å²) in [6, 6.07) is 0.992. The first-order valence-electron chi connectivity index (χ1n) is 3.80. The van der Waals surface area contributed by atoms with E-state index in [1.165, 1.54) is 14.2 Å². The zero-order chi connectivity index (χ0) is 11.5. The van der Waals surface area contributed by atoms with Crippen LogP contribution in [-0.2, 0) is 0 Å². The maximum absolute atomic E-state index is 11.8. The van der Waals surface area contributed by atoms with Gasteiger partial charge in [-0.25, -0.2) is 4.98 Å². The lowest BCUT2D eigenvalue weighted by atomic mass is 10.4. The van der Waals surface area contributed by atoms with Gasteiger partial charge in [0.1, 0.15) is 0 Å². The van der Waals surface area contributed by atoms with Gasteiger partial charge in [-0.15, -0.1) is 13.2 Å². The molecule has 0 unspecified atom stereocenters. The Hall–Kier alpha value is -1.66. The Morgan fingerprint density at radius 1 is 1.13 bits per heavy atom. The van der Waals surface area contributed by atoms with Crippen molar-refractivity contribution in [2.24, 2.45) is 0 Å². The van der Waals surface area contributed by atoms with E-state index in [0.717, 1.165) is 12.3 Å². The molecule has 0 aliphatic carbocycles. The number of ether oxygens (including phenoxy) is 3. The van der Waals surface area contributed by atoms with Gasteiger partial charge < -0.3 is 14.2 Å². The van der Waals surface area contributed by atoms with Gasteiger partial charge in [-0.3, -0.25) is 0 Å². The lowest BCUT2D eigenvalue weighted by molar-refractivity contribution is -0.276. The number of hydrogen-bond donors (Lipinski definition) is 0. The van der Waals surface area contributed by atoms with E-state index in [2.05, 4.69) is 9.72 Å². The number of nitrogens with zero attached hydrogens (tertiary/aromatic N) is 1. The van der Waals surface area contributed by atoms with Crippen LogP contribution in [0.15, 0.2) is 12.3 Å². The van der Waals surface area contributed by atoms with Crippen molar-refractivity contribution in [3.05, 3.63) is 12.3 Å². The van der Waals surface area contributed by atoms with Crippen LogP contribution in [0.3, 0.4) is 0 Å². The summed E-state index contributed by atoms with van der Waals surface area (Å²) in [6.07, 6.45) is -3.69. The second kappa shape index (κ2) is 4.24. The molecule has 1 aromatic rings. The molecule has 7 heteroatoms. The van der Waals surface area contributed by atoms with Crippen molar-refractivity contribution in [2.45, 2.75) is 6.36 Å². The predicted molar refractivity (Wildman–Crippen MR) is 44.0 cm³/mol. The molecule has 4 nitrogen and oxygen atoms in total. The smallest absolute Gasteiger partial charge is 0.493 e. The molecule has 0 bridgehead atoms. The third-order valence-corrected chi connectivity index (χ3v) is 1.47. The molecule has 1 heterocycles. The minimum Gasteiger partial charge on any atom is -0.493 e. The van der Waals surface area contributed by atoms with Gasteiger partial charge in [-0.05, 0) is 0 Å². The third kappa shape index (κ3) is 3.19. The Balaban J connectivity index is 2.93. The average molecular weight is 223 g/mol. The molecule has 0 saturated carbocycles. The van der Waals surface area contributed by atoms with Crippen LogP contribution < -0.4 is 14.2 Å². The molecule has 0 fully saturated rings. The van der Waals surface area contributed by atoms with Crippen LogP contribution >= 0.6 is 0 Å². The van der Waals surface area contributed by atoms with E-state index in [9.17, 15) is 13.2 Å². The quantitative estimate of drug-likeness (QED) is 0.785. The molecule has 0 aliphatic rings. The van der Waals surface area contributed by atoms with Crippen LogP contribution in [0.1, 0.15) is 0 Å². The number of hydrogen-bond acceptors (Lipinski definition) is 4. The Kier molecular flexibility index (Phi) is 3.23. The number of aromatic nitrogens is 1. The number of rotatable bonds is 3. The number of pyridine rings is 1. The third-order valence-electron chi connectivity index (χ3n) is 1.47. The Morgan fingerprint density at radius 3 is 2.20 bits per heavy atom. The highest BCUT2D eigenvalue weighted by atomic mass is 19.4. The molecular formula is C8H8F3NO3.